The quantitative estimate of drug-likeness (QED) is 0.247. The van der Waals surface area contributed by atoms with E-state index in [1.54, 1.807) is 48.8 Å². The van der Waals surface area contributed by atoms with Gasteiger partial charge in [0.25, 0.3) is 0 Å². The summed E-state index contributed by atoms with van der Waals surface area (Å²) in [5, 5.41) is 5.57. The lowest BCUT2D eigenvalue weighted by Gasteiger charge is -2.09. The summed E-state index contributed by atoms with van der Waals surface area (Å²) in [6, 6.07) is 16.4. The predicted octanol–water partition coefficient (Wildman–Crippen LogP) is 6.52. The van der Waals surface area contributed by atoms with Crippen LogP contribution in [-0.4, -0.2) is 21.8 Å². The smallest absolute Gasteiger partial charge is 0.323 e. The number of halogens is 3. The molecule has 0 spiro atoms. The van der Waals surface area contributed by atoms with Gasteiger partial charge in [-0.25, -0.2) is 22.9 Å². The Kier molecular flexibility index (Phi) is 5.95. The number of urea groups is 1. The molecule has 0 unspecified atom stereocenters. The van der Waals surface area contributed by atoms with E-state index in [9.17, 15) is 22.8 Å². The van der Waals surface area contributed by atoms with Crippen LogP contribution >= 0.6 is 0 Å². The van der Waals surface area contributed by atoms with Crippen molar-refractivity contribution < 1.29 is 22.8 Å². The number of aromatic amines is 1. The second kappa shape index (κ2) is 9.38. The Balaban J connectivity index is 1.37. The molecule has 0 radical (unpaired) electrons. The number of benzene rings is 3. The average molecular weight is 486 g/mol. The standard InChI is InChI=1S/C27H17F3N4O2/c28-18-6-4-15(5-7-18)17-11-21-22(14-32-26(21)31-13-17)25(35)16-2-1-3-19(10-16)33-27(36)34-20-8-9-23(29)24(30)12-20/h1-14H,(H,31,32)(H2,33,34,36). The van der Waals surface area contributed by atoms with Gasteiger partial charge in [-0.3, -0.25) is 4.79 Å². The van der Waals surface area contributed by atoms with Crippen molar-refractivity contribution >= 4 is 34.2 Å². The van der Waals surface area contributed by atoms with Crippen LogP contribution in [0.2, 0.25) is 0 Å². The van der Waals surface area contributed by atoms with E-state index >= 15 is 0 Å². The van der Waals surface area contributed by atoms with Gasteiger partial charge >= 0.3 is 6.03 Å². The molecule has 0 saturated carbocycles. The number of hydrogen-bond donors (Lipinski definition) is 3. The summed E-state index contributed by atoms with van der Waals surface area (Å²) in [6.45, 7) is 0. The lowest BCUT2D eigenvalue weighted by molar-refractivity contribution is 0.104. The zero-order valence-corrected chi connectivity index (χ0v) is 18.5. The second-order valence-electron chi connectivity index (χ2n) is 7.95. The Bertz CT molecular complexity index is 1610. The van der Waals surface area contributed by atoms with E-state index in [4.69, 9.17) is 0 Å². The van der Waals surface area contributed by atoms with E-state index in [2.05, 4.69) is 20.6 Å². The number of ketones is 1. The molecule has 0 aliphatic rings. The fourth-order valence-corrected chi connectivity index (χ4v) is 3.75. The van der Waals surface area contributed by atoms with Gasteiger partial charge in [0.05, 0.1) is 0 Å². The van der Waals surface area contributed by atoms with Crippen molar-refractivity contribution in [2.24, 2.45) is 0 Å². The van der Waals surface area contributed by atoms with Crippen LogP contribution in [0.3, 0.4) is 0 Å². The van der Waals surface area contributed by atoms with Crippen LogP contribution in [0.5, 0.6) is 0 Å². The first-order valence-corrected chi connectivity index (χ1v) is 10.8. The van der Waals surface area contributed by atoms with E-state index < -0.39 is 17.7 Å². The number of fused-ring (bicyclic) bond motifs is 1. The molecule has 2 aromatic heterocycles. The SMILES string of the molecule is O=C(Nc1cccc(C(=O)c2c[nH]c3ncc(-c4ccc(F)cc4)cc23)c1)Nc1ccc(F)c(F)c1. The molecule has 0 saturated heterocycles. The number of aromatic nitrogens is 2. The Labute approximate surface area is 202 Å². The van der Waals surface area contributed by atoms with Crippen molar-refractivity contribution in [2.45, 2.75) is 0 Å². The molecule has 0 fully saturated rings. The summed E-state index contributed by atoms with van der Waals surface area (Å²) in [5.41, 5.74) is 3.08. The van der Waals surface area contributed by atoms with Gasteiger partial charge in [-0.1, -0.05) is 24.3 Å². The van der Waals surface area contributed by atoms with Crippen molar-refractivity contribution in [1.82, 2.24) is 9.97 Å². The van der Waals surface area contributed by atoms with Gasteiger partial charge in [0.2, 0.25) is 0 Å². The molecule has 36 heavy (non-hydrogen) atoms. The normalized spacial score (nSPS) is 10.9. The molecule has 6 nitrogen and oxygen atoms in total. The number of anilines is 2. The van der Waals surface area contributed by atoms with Crippen LogP contribution in [0.4, 0.5) is 29.3 Å². The van der Waals surface area contributed by atoms with Gasteiger partial charge in [0, 0.05) is 51.9 Å². The van der Waals surface area contributed by atoms with Crippen molar-refractivity contribution in [1.29, 1.82) is 0 Å². The first-order valence-electron chi connectivity index (χ1n) is 10.8. The molecule has 0 aliphatic carbocycles. The number of hydrogen-bond acceptors (Lipinski definition) is 3. The number of carbonyl (C=O) groups excluding carboxylic acids is 2. The molecule has 3 N–H and O–H groups in total. The third kappa shape index (κ3) is 4.67. The molecule has 0 aliphatic heterocycles. The fraction of sp³-hybridized carbons (Fsp3) is 0. The Morgan fingerprint density at radius 3 is 2.28 bits per heavy atom. The van der Waals surface area contributed by atoms with Gasteiger partial charge in [-0.2, -0.15) is 0 Å². The largest absolute Gasteiger partial charge is 0.345 e. The summed E-state index contributed by atoms with van der Waals surface area (Å²) in [5.74, 6) is -2.76. The lowest BCUT2D eigenvalue weighted by atomic mass is 10.0. The monoisotopic (exact) mass is 486 g/mol. The van der Waals surface area contributed by atoms with Crippen LogP contribution < -0.4 is 10.6 Å². The summed E-state index contributed by atoms with van der Waals surface area (Å²) in [6.07, 6.45) is 3.20. The summed E-state index contributed by atoms with van der Waals surface area (Å²) >= 11 is 0. The minimum absolute atomic E-state index is 0.0712. The minimum atomic E-state index is -1.09. The molecule has 3 aromatic carbocycles. The molecule has 5 rings (SSSR count). The summed E-state index contributed by atoms with van der Waals surface area (Å²) < 4.78 is 39.8. The van der Waals surface area contributed by atoms with E-state index in [0.29, 0.717) is 27.8 Å². The van der Waals surface area contributed by atoms with Crippen molar-refractivity contribution in [3.05, 3.63) is 114 Å². The highest BCUT2D eigenvalue weighted by molar-refractivity contribution is 6.16. The van der Waals surface area contributed by atoms with Gasteiger partial charge in [-0.05, 0) is 48.0 Å². The summed E-state index contributed by atoms with van der Waals surface area (Å²) in [7, 11) is 0. The topological polar surface area (TPSA) is 86.9 Å². The van der Waals surface area contributed by atoms with E-state index in [1.165, 1.54) is 24.3 Å². The molecule has 0 bridgehead atoms. The number of rotatable bonds is 5. The lowest BCUT2D eigenvalue weighted by Crippen LogP contribution is -2.19. The van der Waals surface area contributed by atoms with Crippen molar-refractivity contribution in [3.8, 4) is 11.1 Å². The first-order chi connectivity index (χ1) is 17.4. The number of amides is 2. The Morgan fingerprint density at radius 1 is 0.778 bits per heavy atom. The molecule has 9 heteroatoms. The molecule has 5 aromatic rings. The minimum Gasteiger partial charge on any atom is -0.345 e. The fourth-order valence-electron chi connectivity index (χ4n) is 3.75. The third-order valence-electron chi connectivity index (χ3n) is 5.51. The maximum atomic E-state index is 13.4. The van der Waals surface area contributed by atoms with Crippen LogP contribution in [-0.2, 0) is 0 Å². The zero-order chi connectivity index (χ0) is 25.2. The van der Waals surface area contributed by atoms with Crippen molar-refractivity contribution in [2.75, 3.05) is 10.6 Å². The Morgan fingerprint density at radius 2 is 1.53 bits per heavy atom. The highest BCUT2D eigenvalue weighted by atomic mass is 19.2. The highest BCUT2D eigenvalue weighted by Gasteiger charge is 2.17. The van der Waals surface area contributed by atoms with E-state index in [1.807, 2.05) is 0 Å². The third-order valence-corrected chi connectivity index (χ3v) is 5.51. The molecule has 178 valence electrons. The number of pyridine rings is 1. The van der Waals surface area contributed by atoms with Crippen LogP contribution in [0.1, 0.15) is 15.9 Å². The predicted molar refractivity (Wildman–Crippen MR) is 130 cm³/mol. The second-order valence-corrected chi connectivity index (χ2v) is 7.95. The number of carbonyl (C=O) groups is 2. The number of H-pyrrole nitrogens is 1. The van der Waals surface area contributed by atoms with Crippen LogP contribution in [0.15, 0.2) is 85.2 Å². The van der Waals surface area contributed by atoms with Gasteiger partial charge < -0.3 is 15.6 Å². The average Bonchev–Trinajstić information content (AvgIpc) is 3.30. The number of nitrogens with zero attached hydrogens (tertiary/aromatic N) is 1. The highest BCUT2D eigenvalue weighted by Crippen LogP contribution is 2.27. The molecule has 2 heterocycles. The maximum absolute atomic E-state index is 13.4. The molecular weight excluding hydrogens is 469 g/mol. The van der Waals surface area contributed by atoms with Crippen molar-refractivity contribution in [3.63, 3.8) is 0 Å². The van der Waals surface area contributed by atoms with Gasteiger partial charge in [0.1, 0.15) is 11.5 Å². The van der Waals surface area contributed by atoms with Crippen LogP contribution in [0.25, 0.3) is 22.2 Å². The van der Waals surface area contributed by atoms with Crippen LogP contribution in [0, 0.1) is 17.5 Å². The van der Waals surface area contributed by atoms with E-state index in [-0.39, 0.29) is 17.3 Å². The molecular formula is C27H17F3N4O2. The molecule has 0 atom stereocenters. The number of nitrogens with one attached hydrogen (secondary N) is 3. The molecule has 2 amide bonds. The van der Waals surface area contributed by atoms with Gasteiger partial charge in [0.15, 0.2) is 17.4 Å². The maximum Gasteiger partial charge on any atom is 0.323 e. The van der Waals surface area contributed by atoms with Gasteiger partial charge in [-0.15, -0.1) is 0 Å². The zero-order valence-electron chi connectivity index (χ0n) is 18.5. The Hall–Kier alpha value is -4.92. The first kappa shape index (κ1) is 22.9. The van der Waals surface area contributed by atoms with E-state index in [0.717, 1.165) is 23.3 Å². The summed E-state index contributed by atoms with van der Waals surface area (Å²) in [4.78, 5) is 33.0.